The van der Waals surface area contributed by atoms with Gasteiger partial charge in [0.1, 0.15) is 0 Å². The average molecular weight is 347 g/mol. The molecule has 0 radical (unpaired) electrons. The molecule has 0 fully saturated rings. The molecule has 1 aromatic carbocycles. The monoisotopic (exact) mass is 347 g/mol. The first-order valence-electron chi connectivity index (χ1n) is 8.39. The van der Waals surface area contributed by atoms with Gasteiger partial charge in [-0.25, -0.2) is 4.68 Å². The number of fused-ring (bicyclic) bond motifs is 1. The highest BCUT2D eigenvalue weighted by molar-refractivity contribution is 6.04. The van der Waals surface area contributed by atoms with Gasteiger partial charge in [0.05, 0.1) is 25.2 Å². The smallest absolute Gasteiger partial charge is 0.274 e. The Morgan fingerprint density at radius 3 is 2.60 bits per heavy atom. The second-order valence-corrected chi connectivity index (χ2v) is 6.14. The third kappa shape index (κ3) is 5.11. The van der Waals surface area contributed by atoms with Gasteiger partial charge in [0.15, 0.2) is 5.69 Å². The van der Waals surface area contributed by atoms with Crippen LogP contribution in [0.4, 0.5) is 0 Å². The normalized spacial score (nSPS) is 11.2. The molecule has 0 bridgehead atoms. The van der Waals surface area contributed by atoms with Crippen LogP contribution in [0.5, 0.6) is 0 Å². The molecule has 0 aliphatic heterocycles. The van der Waals surface area contributed by atoms with Gasteiger partial charge in [-0.3, -0.25) is 9.59 Å². The van der Waals surface area contributed by atoms with Gasteiger partial charge in [-0.15, -0.1) is 0 Å². The van der Waals surface area contributed by atoms with E-state index in [4.69, 9.17) is 9.47 Å². The summed E-state index contributed by atoms with van der Waals surface area (Å²) in [4.78, 5) is 25.1. The van der Waals surface area contributed by atoms with Crippen LogP contribution >= 0.6 is 0 Å². The van der Waals surface area contributed by atoms with Gasteiger partial charge in [0.2, 0.25) is 0 Å². The molecule has 7 nitrogen and oxygen atoms in total. The standard InChI is InChI=1S/C18H25N3O4/c1-13(2)12-21-18(23)15-7-5-4-6-14(15)16(20-21)17(22)19-8-9-25-11-10-24-3/h4-7,13H,8-12H2,1-3H3,(H,19,22). The van der Waals surface area contributed by atoms with Crippen molar-refractivity contribution < 1.29 is 14.3 Å². The van der Waals surface area contributed by atoms with Crippen molar-refractivity contribution in [1.82, 2.24) is 15.1 Å². The third-order valence-electron chi connectivity index (χ3n) is 3.58. The van der Waals surface area contributed by atoms with Gasteiger partial charge >= 0.3 is 0 Å². The Kier molecular flexibility index (Phi) is 7.09. The van der Waals surface area contributed by atoms with Crippen LogP contribution in [-0.4, -0.2) is 49.2 Å². The molecule has 7 heteroatoms. The van der Waals surface area contributed by atoms with Crippen LogP contribution in [0.2, 0.25) is 0 Å². The number of hydrogen-bond acceptors (Lipinski definition) is 5. The molecule has 1 heterocycles. The van der Waals surface area contributed by atoms with Crippen molar-refractivity contribution in [3.8, 4) is 0 Å². The van der Waals surface area contributed by atoms with E-state index in [-0.39, 0.29) is 23.1 Å². The molecule has 1 amide bonds. The number of hydrogen-bond donors (Lipinski definition) is 1. The lowest BCUT2D eigenvalue weighted by Gasteiger charge is -2.12. The summed E-state index contributed by atoms with van der Waals surface area (Å²) in [5, 5.41) is 8.15. The topological polar surface area (TPSA) is 82.4 Å². The summed E-state index contributed by atoms with van der Waals surface area (Å²) in [5.41, 5.74) is 0.0801. The molecule has 25 heavy (non-hydrogen) atoms. The van der Waals surface area contributed by atoms with Gasteiger partial charge in [0, 0.05) is 25.6 Å². The van der Waals surface area contributed by atoms with Gasteiger partial charge in [0.25, 0.3) is 11.5 Å². The number of nitrogens with zero attached hydrogens (tertiary/aromatic N) is 2. The maximum absolute atomic E-state index is 12.5. The summed E-state index contributed by atoms with van der Waals surface area (Å²) in [6, 6.07) is 7.05. The largest absolute Gasteiger partial charge is 0.382 e. The zero-order chi connectivity index (χ0) is 18.2. The zero-order valence-corrected chi connectivity index (χ0v) is 14.9. The SMILES string of the molecule is COCCOCCNC(=O)c1nn(CC(C)C)c(=O)c2ccccc12. The van der Waals surface area contributed by atoms with Crippen molar-refractivity contribution in [2.45, 2.75) is 20.4 Å². The first-order valence-corrected chi connectivity index (χ1v) is 8.39. The van der Waals surface area contributed by atoms with Crippen molar-refractivity contribution in [3.05, 3.63) is 40.3 Å². The minimum atomic E-state index is -0.316. The molecule has 0 saturated carbocycles. The van der Waals surface area contributed by atoms with E-state index in [9.17, 15) is 9.59 Å². The number of carbonyl (C=O) groups excluding carboxylic acids is 1. The molecule has 0 spiro atoms. The fourth-order valence-corrected chi connectivity index (χ4v) is 2.44. The highest BCUT2D eigenvalue weighted by Crippen LogP contribution is 2.13. The Morgan fingerprint density at radius 2 is 1.92 bits per heavy atom. The Hall–Kier alpha value is -2.25. The molecule has 0 atom stereocenters. The van der Waals surface area contributed by atoms with Gasteiger partial charge in [-0.05, 0) is 12.0 Å². The van der Waals surface area contributed by atoms with Crippen LogP contribution in [0.1, 0.15) is 24.3 Å². The van der Waals surface area contributed by atoms with Crippen LogP contribution in [0.25, 0.3) is 10.8 Å². The first kappa shape index (κ1) is 19.1. The molecule has 0 aliphatic carbocycles. The number of amides is 1. The molecule has 2 aromatic rings. The van der Waals surface area contributed by atoms with E-state index in [1.165, 1.54) is 4.68 Å². The number of rotatable bonds is 9. The molecule has 0 aliphatic rings. The van der Waals surface area contributed by atoms with E-state index < -0.39 is 0 Å². The lowest BCUT2D eigenvalue weighted by molar-refractivity contribution is 0.0691. The van der Waals surface area contributed by atoms with Gasteiger partial charge < -0.3 is 14.8 Å². The highest BCUT2D eigenvalue weighted by atomic mass is 16.5. The summed E-state index contributed by atoms with van der Waals surface area (Å²) in [6.45, 7) is 6.21. The van der Waals surface area contributed by atoms with E-state index in [1.807, 2.05) is 13.8 Å². The first-order chi connectivity index (χ1) is 12.0. The lowest BCUT2D eigenvalue weighted by Crippen LogP contribution is -2.33. The van der Waals surface area contributed by atoms with Crippen LogP contribution < -0.4 is 10.9 Å². The summed E-state index contributed by atoms with van der Waals surface area (Å²) in [5.74, 6) is -0.0690. The predicted octanol–water partition coefficient (Wildman–Crippen LogP) is 1.45. The third-order valence-corrected chi connectivity index (χ3v) is 3.58. The molecule has 0 unspecified atom stereocenters. The van der Waals surface area contributed by atoms with E-state index in [2.05, 4.69) is 10.4 Å². The molecule has 1 N–H and O–H groups in total. The minimum Gasteiger partial charge on any atom is -0.382 e. The number of carbonyl (C=O) groups is 1. The van der Waals surface area contributed by atoms with Crippen LogP contribution in [0.3, 0.4) is 0 Å². The van der Waals surface area contributed by atoms with E-state index >= 15 is 0 Å². The molecule has 2 rings (SSSR count). The molecule has 0 saturated heterocycles. The van der Waals surface area contributed by atoms with Gasteiger partial charge in [-0.1, -0.05) is 32.0 Å². The summed E-state index contributed by atoms with van der Waals surface area (Å²) >= 11 is 0. The number of benzene rings is 1. The number of methoxy groups -OCH3 is 1. The highest BCUT2D eigenvalue weighted by Gasteiger charge is 2.16. The minimum absolute atomic E-state index is 0.177. The zero-order valence-electron chi connectivity index (χ0n) is 14.9. The van der Waals surface area contributed by atoms with Crippen molar-refractivity contribution in [2.24, 2.45) is 5.92 Å². The fourth-order valence-electron chi connectivity index (χ4n) is 2.44. The van der Waals surface area contributed by atoms with Gasteiger partial charge in [-0.2, -0.15) is 5.10 Å². The van der Waals surface area contributed by atoms with Crippen molar-refractivity contribution in [3.63, 3.8) is 0 Å². The van der Waals surface area contributed by atoms with E-state index in [0.29, 0.717) is 43.7 Å². The molecule has 1 aromatic heterocycles. The van der Waals surface area contributed by atoms with Crippen LogP contribution in [-0.2, 0) is 16.0 Å². The van der Waals surface area contributed by atoms with Crippen molar-refractivity contribution >= 4 is 16.7 Å². The fraction of sp³-hybridized carbons (Fsp3) is 0.500. The second kappa shape index (κ2) is 9.29. The number of aromatic nitrogens is 2. The Labute approximate surface area is 146 Å². The van der Waals surface area contributed by atoms with E-state index in [1.54, 1.807) is 31.4 Å². The second-order valence-electron chi connectivity index (χ2n) is 6.14. The Morgan fingerprint density at radius 1 is 1.20 bits per heavy atom. The molecular weight excluding hydrogens is 322 g/mol. The van der Waals surface area contributed by atoms with Crippen LogP contribution in [0.15, 0.2) is 29.1 Å². The summed E-state index contributed by atoms with van der Waals surface area (Å²) in [6.07, 6.45) is 0. The Balaban J connectivity index is 2.19. The Bertz CT molecular complexity index is 770. The van der Waals surface area contributed by atoms with E-state index in [0.717, 1.165) is 0 Å². The number of ether oxygens (including phenoxy) is 2. The quantitative estimate of drug-likeness (QED) is 0.694. The predicted molar refractivity (Wildman–Crippen MR) is 95.9 cm³/mol. The molecular formula is C18H25N3O4. The van der Waals surface area contributed by atoms with Crippen molar-refractivity contribution in [2.75, 3.05) is 33.5 Å². The maximum atomic E-state index is 12.5. The number of nitrogens with one attached hydrogen (secondary N) is 1. The maximum Gasteiger partial charge on any atom is 0.274 e. The molecule has 136 valence electrons. The summed E-state index contributed by atoms with van der Waals surface area (Å²) in [7, 11) is 1.61. The van der Waals surface area contributed by atoms with Crippen LogP contribution in [0, 0.1) is 5.92 Å². The van der Waals surface area contributed by atoms with Crippen molar-refractivity contribution in [1.29, 1.82) is 0 Å². The lowest BCUT2D eigenvalue weighted by atomic mass is 10.1. The average Bonchev–Trinajstić information content (AvgIpc) is 2.60. The summed E-state index contributed by atoms with van der Waals surface area (Å²) < 4.78 is 11.6.